The van der Waals surface area contributed by atoms with E-state index in [1.807, 2.05) is 0 Å². The Morgan fingerprint density at radius 2 is 1.70 bits per heavy atom. The van der Waals surface area contributed by atoms with Gasteiger partial charge in [-0.05, 0) is 37.8 Å². The third kappa shape index (κ3) is 5.09. The minimum absolute atomic E-state index is 0.0846. The Labute approximate surface area is 161 Å². The number of likely N-dealkylation sites (tertiary alicyclic amines) is 1. The van der Waals surface area contributed by atoms with Crippen LogP contribution in [-0.2, 0) is 19.4 Å². The van der Waals surface area contributed by atoms with Gasteiger partial charge in [0.1, 0.15) is 6.04 Å². The first-order chi connectivity index (χ1) is 13.0. The zero-order valence-electron chi connectivity index (χ0n) is 15.6. The predicted octanol–water partition coefficient (Wildman–Crippen LogP) is 2.29. The van der Waals surface area contributed by atoms with Crippen molar-refractivity contribution in [1.82, 2.24) is 10.2 Å². The fourth-order valence-electron chi connectivity index (χ4n) is 3.99. The molecule has 3 rings (SSSR count). The van der Waals surface area contributed by atoms with Gasteiger partial charge in [0.25, 0.3) is 0 Å². The first-order valence-electron chi connectivity index (χ1n) is 9.85. The molecule has 0 aromatic heterocycles. The third-order valence-electron chi connectivity index (χ3n) is 5.51. The summed E-state index contributed by atoms with van der Waals surface area (Å²) < 4.78 is 24.8. The summed E-state index contributed by atoms with van der Waals surface area (Å²) in [6.07, 6.45) is 6.82. The van der Waals surface area contributed by atoms with Crippen molar-refractivity contribution in [2.24, 2.45) is 0 Å². The van der Waals surface area contributed by atoms with Crippen LogP contribution in [-0.4, -0.2) is 49.5 Å². The number of hydrogen-bond acceptors (Lipinski definition) is 4. The largest absolute Gasteiger partial charge is 0.352 e. The Balaban J connectivity index is 1.56. The highest BCUT2D eigenvalue weighted by Gasteiger charge is 2.35. The number of sulfone groups is 1. The standard InChI is InChI=1S/C20H28N2O4S/c23-19(13-15-27(25,26)17-10-5-2-6-11-17)22-14-7-12-18(22)20(24)21-16-8-3-1-4-9-16/h2,5-6,10-11,16,18H,1,3-4,7-9,12-15H2,(H,21,24)/t18-/m1/s1. The van der Waals surface area contributed by atoms with Gasteiger partial charge in [0, 0.05) is 19.0 Å². The Hall–Kier alpha value is -1.89. The molecule has 1 saturated carbocycles. The van der Waals surface area contributed by atoms with Gasteiger partial charge in [0.15, 0.2) is 9.84 Å². The van der Waals surface area contributed by atoms with Crippen molar-refractivity contribution in [2.75, 3.05) is 12.3 Å². The maximum Gasteiger partial charge on any atom is 0.243 e. The van der Waals surface area contributed by atoms with E-state index in [0.29, 0.717) is 13.0 Å². The Bertz CT molecular complexity index is 757. The van der Waals surface area contributed by atoms with Crippen molar-refractivity contribution in [3.8, 4) is 0 Å². The van der Waals surface area contributed by atoms with Crippen LogP contribution in [0.2, 0.25) is 0 Å². The lowest BCUT2D eigenvalue weighted by Gasteiger charge is -2.28. The van der Waals surface area contributed by atoms with Crippen LogP contribution in [0.15, 0.2) is 35.2 Å². The van der Waals surface area contributed by atoms with Gasteiger partial charge < -0.3 is 10.2 Å². The van der Waals surface area contributed by atoms with Crippen LogP contribution in [0.3, 0.4) is 0 Å². The molecule has 1 N–H and O–H groups in total. The minimum Gasteiger partial charge on any atom is -0.352 e. The summed E-state index contributed by atoms with van der Waals surface area (Å²) in [7, 11) is -3.49. The van der Waals surface area contributed by atoms with E-state index >= 15 is 0 Å². The number of carbonyl (C=O) groups is 2. The molecule has 7 heteroatoms. The van der Waals surface area contributed by atoms with Gasteiger partial charge in [-0.3, -0.25) is 9.59 Å². The fourth-order valence-corrected chi connectivity index (χ4v) is 5.24. The molecule has 1 aromatic rings. The Morgan fingerprint density at radius 3 is 2.41 bits per heavy atom. The number of benzene rings is 1. The van der Waals surface area contributed by atoms with Gasteiger partial charge in [-0.25, -0.2) is 8.42 Å². The molecule has 148 valence electrons. The molecule has 2 aliphatic rings. The van der Waals surface area contributed by atoms with Gasteiger partial charge in [-0.1, -0.05) is 37.5 Å². The molecule has 2 amide bonds. The van der Waals surface area contributed by atoms with Crippen molar-refractivity contribution < 1.29 is 18.0 Å². The molecule has 27 heavy (non-hydrogen) atoms. The van der Waals surface area contributed by atoms with Crippen molar-refractivity contribution >= 4 is 21.7 Å². The number of amides is 2. The molecule has 2 fully saturated rings. The summed E-state index contributed by atoms with van der Waals surface area (Å²) in [4.78, 5) is 27.0. The normalized spacial score (nSPS) is 21.2. The highest BCUT2D eigenvalue weighted by Crippen LogP contribution is 2.22. The summed E-state index contributed by atoms with van der Waals surface area (Å²) in [5.41, 5.74) is 0. The molecular formula is C20H28N2O4S. The van der Waals surface area contributed by atoms with E-state index in [4.69, 9.17) is 0 Å². The molecule has 1 saturated heterocycles. The number of carbonyl (C=O) groups excluding carboxylic acids is 2. The smallest absolute Gasteiger partial charge is 0.243 e. The van der Waals surface area contributed by atoms with E-state index < -0.39 is 15.9 Å². The summed E-state index contributed by atoms with van der Waals surface area (Å²) >= 11 is 0. The molecule has 6 nitrogen and oxygen atoms in total. The Kier molecular flexibility index (Phi) is 6.52. The maximum atomic E-state index is 12.6. The third-order valence-corrected chi connectivity index (χ3v) is 7.25. The van der Waals surface area contributed by atoms with Gasteiger partial charge in [-0.15, -0.1) is 0 Å². The molecule has 1 aliphatic carbocycles. The monoisotopic (exact) mass is 392 g/mol. The number of nitrogens with zero attached hydrogens (tertiary/aromatic N) is 1. The second-order valence-corrected chi connectivity index (χ2v) is 9.58. The van der Waals surface area contributed by atoms with Gasteiger partial charge >= 0.3 is 0 Å². The van der Waals surface area contributed by atoms with Crippen LogP contribution in [0.4, 0.5) is 0 Å². The summed E-state index contributed by atoms with van der Waals surface area (Å²) in [6, 6.07) is 7.92. The van der Waals surface area contributed by atoms with E-state index in [9.17, 15) is 18.0 Å². The Morgan fingerprint density at radius 1 is 1.00 bits per heavy atom. The topological polar surface area (TPSA) is 83.6 Å². The lowest BCUT2D eigenvalue weighted by molar-refractivity contribution is -0.138. The first-order valence-corrected chi connectivity index (χ1v) is 11.5. The number of hydrogen-bond donors (Lipinski definition) is 1. The van der Waals surface area contributed by atoms with Gasteiger partial charge in [-0.2, -0.15) is 0 Å². The molecule has 0 unspecified atom stereocenters. The minimum atomic E-state index is -3.49. The first kappa shape index (κ1) is 19.9. The molecular weight excluding hydrogens is 364 g/mol. The summed E-state index contributed by atoms with van der Waals surface area (Å²) in [6.45, 7) is 0.521. The van der Waals surface area contributed by atoms with E-state index in [2.05, 4.69) is 5.32 Å². The summed E-state index contributed by atoms with van der Waals surface area (Å²) in [5.74, 6) is -0.571. The molecule has 0 spiro atoms. The number of rotatable bonds is 6. The quantitative estimate of drug-likeness (QED) is 0.805. The van der Waals surface area contributed by atoms with Crippen molar-refractivity contribution in [1.29, 1.82) is 0 Å². The zero-order valence-corrected chi connectivity index (χ0v) is 16.4. The molecule has 0 bridgehead atoms. The second kappa shape index (κ2) is 8.87. The highest BCUT2D eigenvalue weighted by molar-refractivity contribution is 7.91. The number of nitrogens with one attached hydrogen (secondary N) is 1. The van der Waals surface area contributed by atoms with Crippen LogP contribution < -0.4 is 5.32 Å². The second-order valence-electron chi connectivity index (χ2n) is 7.47. The van der Waals surface area contributed by atoms with Crippen LogP contribution in [0, 0.1) is 0 Å². The molecule has 1 aliphatic heterocycles. The van der Waals surface area contributed by atoms with Crippen molar-refractivity contribution in [3.05, 3.63) is 30.3 Å². The fraction of sp³-hybridized carbons (Fsp3) is 0.600. The molecule has 1 aromatic carbocycles. The lowest BCUT2D eigenvalue weighted by atomic mass is 9.95. The van der Waals surface area contributed by atoms with Crippen LogP contribution >= 0.6 is 0 Å². The van der Waals surface area contributed by atoms with Crippen LogP contribution in [0.5, 0.6) is 0 Å². The van der Waals surface area contributed by atoms with Gasteiger partial charge in [0.2, 0.25) is 11.8 Å². The molecule has 1 atom stereocenters. The van der Waals surface area contributed by atoms with E-state index in [-0.39, 0.29) is 34.9 Å². The average molecular weight is 393 g/mol. The van der Waals surface area contributed by atoms with E-state index in [1.165, 1.54) is 18.6 Å². The zero-order chi connectivity index (χ0) is 19.3. The highest BCUT2D eigenvalue weighted by atomic mass is 32.2. The van der Waals surface area contributed by atoms with Crippen LogP contribution in [0.25, 0.3) is 0 Å². The molecule has 0 radical (unpaired) electrons. The molecule has 1 heterocycles. The lowest BCUT2D eigenvalue weighted by Crippen LogP contribution is -2.49. The van der Waals surface area contributed by atoms with Crippen LogP contribution in [0.1, 0.15) is 51.4 Å². The summed E-state index contributed by atoms with van der Waals surface area (Å²) in [5, 5.41) is 3.09. The van der Waals surface area contributed by atoms with Crippen molar-refractivity contribution in [3.63, 3.8) is 0 Å². The SMILES string of the molecule is O=C(NC1CCCCC1)[C@H]1CCCN1C(=O)CCS(=O)(=O)c1ccccc1. The average Bonchev–Trinajstić information content (AvgIpc) is 3.18. The maximum absolute atomic E-state index is 12.6. The predicted molar refractivity (Wildman–Crippen MR) is 103 cm³/mol. The van der Waals surface area contributed by atoms with E-state index in [0.717, 1.165) is 32.1 Å². The van der Waals surface area contributed by atoms with E-state index in [1.54, 1.807) is 23.1 Å². The van der Waals surface area contributed by atoms with Gasteiger partial charge in [0.05, 0.1) is 10.6 Å². The van der Waals surface area contributed by atoms with Crippen molar-refractivity contribution in [2.45, 2.75) is 68.3 Å².